The first-order valence-corrected chi connectivity index (χ1v) is 13.8. The average molecular weight is 582 g/mol. The maximum Gasteiger partial charge on any atom is 0.416 e. The van der Waals surface area contributed by atoms with Gasteiger partial charge in [0.2, 0.25) is 0 Å². The van der Waals surface area contributed by atoms with Gasteiger partial charge in [0.05, 0.1) is 23.7 Å². The standard InChI is InChI=1S/C31H30F3N3O3S/c1-30(2,3)23-12-10-21(11-13-23)27(20-4-6-22(7-5-20)28(40)35-17-16-26(38)39)37-29-36-25(18-41-29)19-8-14-24(15-9-19)31(32,33)34/h4-15,18,27H,16-17H2,1-3H3,(H,35,40)(H,36,37)(H,38,39). The number of thiazole rings is 1. The SMILES string of the molecule is CC(C)(C)c1ccc(C(Nc2nc(-c3ccc(C(F)(F)F)cc3)cs2)c2ccc(C(=O)NCCC(=O)O)cc2)cc1. The molecule has 1 amide bonds. The fraction of sp³-hybridized carbons (Fsp3) is 0.258. The van der Waals surface area contributed by atoms with E-state index in [9.17, 15) is 22.8 Å². The first kappa shape index (κ1) is 29.8. The second-order valence-electron chi connectivity index (χ2n) is 10.6. The molecule has 214 valence electrons. The summed E-state index contributed by atoms with van der Waals surface area (Å²) in [4.78, 5) is 27.8. The normalized spacial score (nSPS) is 12.5. The maximum atomic E-state index is 13.0. The molecule has 0 radical (unpaired) electrons. The van der Waals surface area contributed by atoms with Gasteiger partial charge in [0.1, 0.15) is 0 Å². The highest BCUT2D eigenvalue weighted by molar-refractivity contribution is 7.14. The number of aromatic nitrogens is 1. The number of carbonyl (C=O) groups excluding carboxylic acids is 1. The predicted octanol–water partition coefficient (Wildman–Crippen LogP) is 7.53. The monoisotopic (exact) mass is 581 g/mol. The number of hydrogen-bond acceptors (Lipinski definition) is 5. The van der Waals surface area contributed by atoms with E-state index in [1.165, 1.54) is 29.0 Å². The van der Waals surface area contributed by atoms with E-state index in [2.05, 4.69) is 48.5 Å². The van der Waals surface area contributed by atoms with E-state index in [0.29, 0.717) is 22.0 Å². The van der Waals surface area contributed by atoms with Gasteiger partial charge in [0.25, 0.3) is 5.91 Å². The molecule has 0 aliphatic heterocycles. The summed E-state index contributed by atoms with van der Waals surface area (Å²) in [5, 5.41) is 17.2. The number of alkyl halides is 3. The van der Waals surface area contributed by atoms with Gasteiger partial charge in [-0.2, -0.15) is 13.2 Å². The van der Waals surface area contributed by atoms with Crippen molar-refractivity contribution in [3.63, 3.8) is 0 Å². The lowest BCUT2D eigenvalue weighted by Crippen LogP contribution is -2.26. The van der Waals surface area contributed by atoms with Gasteiger partial charge >= 0.3 is 12.1 Å². The molecule has 4 rings (SSSR count). The summed E-state index contributed by atoms with van der Waals surface area (Å²) < 4.78 is 38.9. The quantitative estimate of drug-likeness (QED) is 0.190. The molecule has 3 N–H and O–H groups in total. The summed E-state index contributed by atoms with van der Waals surface area (Å²) in [5.74, 6) is -1.35. The third kappa shape index (κ3) is 7.73. The number of aliphatic carboxylic acids is 1. The van der Waals surface area contributed by atoms with Crippen LogP contribution in [0, 0.1) is 0 Å². The minimum Gasteiger partial charge on any atom is -0.481 e. The molecule has 1 aromatic heterocycles. The van der Waals surface area contributed by atoms with E-state index in [-0.39, 0.29) is 30.3 Å². The maximum absolute atomic E-state index is 13.0. The second kappa shape index (κ2) is 12.1. The Hall–Kier alpha value is -4.18. The lowest BCUT2D eigenvalue weighted by Gasteiger charge is -2.23. The van der Waals surface area contributed by atoms with Gasteiger partial charge in [-0.25, -0.2) is 4.98 Å². The highest BCUT2D eigenvalue weighted by atomic mass is 32.1. The molecule has 0 spiro atoms. The molecular weight excluding hydrogens is 551 g/mol. The minimum absolute atomic E-state index is 0.0248. The summed E-state index contributed by atoms with van der Waals surface area (Å²) in [5.41, 5.74) is 3.79. The largest absolute Gasteiger partial charge is 0.481 e. The van der Waals surface area contributed by atoms with Gasteiger partial charge in [-0.1, -0.05) is 69.3 Å². The molecule has 3 aromatic carbocycles. The van der Waals surface area contributed by atoms with Crippen LogP contribution in [0.15, 0.2) is 78.2 Å². The summed E-state index contributed by atoms with van der Waals surface area (Å²) >= 11 is 1.34. The highest BCUT2D eigenvalue weighted by Crippen LogP contribution is 2.34. The first-order chi connectivity index (χ1) is 19.3. The molecular formula is C31H30F3N3O3S. The van der Waals surface area contributed by atoms with Crippen LogP contribution in [0.4, 0.5) is 18.3 Å². The van der Waals surface area contributed by atoms with E-state index in [4.69, 9.17) is 5.11 Å². The van der Waals surface area contributed by atoms with Crippen molar-refractivity contribution >= 4 is 28.3 Å². The van der Waals surface area contributed by atoms with Crippen LogP contribution >= 0.6 is 11.3 Å². The Morgan fingerprint density at radius 3 is 1.98 bits per heavy atom. The summed E-state index contributed by atoms with van der Waals surface area (Å²) in [6, 6.07) is 19.8. The van der Waals surface area contributed by atoms with E-state index < -0.39 is 17.7 Å². The molecule has 0 saturated heterocycles. The lowest BCUT2D eigenvalue weighted by atomic mass is 9.85. The van der Waals surface area contributed by atoms with Crippen LogP contribution in [-0.4, -0.2) is 28.5 Å². The van der Waals surface area contributed by atoms with Crippen molar-refractivity contribution in [1.82, 2.24) is 10.3 Å². The molecule has 0 fully saturated rings. The van der Waals surface area contributed by atoms with E-state index in [1.807, 2.05) is 24.3 Å². The van der Waals surface area contributed by atoms with Crippen molar-refractivity contribution in [2.24, 2.45) is 0 Å². The zero-order chi connectivity index (χ0) is 29.8. The Balaban J connectivity index is 1.59. The van der Waals surface area contributed by atoms with Gasteiger partial charge in [0.15, 0.2) is 5.13 Å². The number of hydrogen-bond donors (Lipinski definition) is 3. The predicted molar refractivity (Wildman–Crippen MR) is 154 cm³/mol. The molecule has 0 saturated carbocycles. The van der Waals surface area contributed by atoms with Crippen LogP contribution in [0.2, 0.25) is 0 Å². The summed E-state index contributed by atoms with van der Waals surface area (Å²) in [6.07, 6.45) is -4.57. The zero-order valence-corrected chi connectivity index (χ0v) is 23.6. The Bertz CT molecular complexity index is 1490. The average Bonchev–Trinajstić information content (AvgIpc) is 3.39. The Labute approximate surface area is 240 Å². The highest BCUT2D eigenvalue weighted by Gasteiger charge is 2.30. The van der Waals surface area contributed by atoms with Gasteiger partial charge in [-0.05, 0) is 46.4 Å². The van der Waals surface area contributed by atoms with Crippen molar-refractivity contribution in [2.75, 3.05) is 11.9 Å². The molecule has 41 heavy (non-hydrogen) atoms. The van der Waals surface area contributed by atoms with Gasteiger partial charge < -0.3 is 15.7 Å². The van der Waals surface area contributed by atoms with Crippen LogP contribution in [0.5, 0.6) is 0 Å². The number of amides is 1. The van der Waals surface area contributed by atoms with Gasteiger partial charge in [0, 0.05) is 23.1 Å². The van der Waals surface area contributed by atoms with Gasteiger partial charge in [-0.15, -0.1) is 11.3 Å². The van der Waals surface area contributed by atoms with E-state index in [1.54, 1.807) is 17.5 Å². The van der Waals surface area contributed by atoms with Crippen LogP contribution in [-0.2, 0) is 16.4 Å². The summed E-state index contributed by atoms with van der Waals surface area (Å²) in [6.45, 7) is 6.44. The molecule has 0 aliphatic carbocycles. The van der Waals surface area contributed by atoms with Crippen molar-refractivity contribution in [2.45, 2.75) is 44.8 Å². The van der Waals surface area contributed by atoms with Crippen molar-refractivity contribution in [3.8, 4) is 11.3 Å². The first-order valence-electron chi connectivity index (χ1n) is 12.9. The van der Waals surface area contributed by atoms with Crippen molar-refractivity contribution in [3.05, 3.63) is 106 Å². The number of rotatable bonds is 9. The number of benzene rings is 3. The number of carboxylic acids is 1. The molecule has 1 atom stereocenters. The lowest BCUT2D eigenvalue weighted by molar-refractivity contribution is -0.138. The second-order valence-corrected chi connectivity index (χ2v) is 11.4. The Morgan fingerprint density at radius 1 is 0.878 bits per heavy atom. The molecule has 10 heteroatoms. The van der Waals surface area contributed by atoms with Crippen LogP contribution in [0.3, 0.4) is 0 Å². The molecule has 0 bridgehead atoms. The minimum atomic E-state index is -4.40. The fourth-order valence-corrected chi connectivity index (χ4v) is 4.92. The molecule has 6 nitrogen and oxygen atoms in total. The number of nitrogens with one attached hydrogen (secondary N) is 2. The summed E-state index contributed by atoms with van der Waals surface area (Å²) in [7, 11) is 0. The smallest absolute Gasteiger partial charge is 0.416 e. The van der Waals surface area contributed by atoms with Crippen molar-refractivity contribution < 1.29 is 27.9 Å². The number of nitrogens with zero attached hydrogens (tertiary/aromatic N) is 1. The van der Waals surface area contributed by atoms with Crippen LogP contribution in [0.25, 0.3) is 11.3 Å². The molecule has 4 aromatic rings. The molecule has 1 unspecified atom stereocenters. The third-order valence-electron chi connectivity index (χ3n) is 6.52. The third-order valence-corrected chi connectivity index (χ3v) is 7.29. The van der Waals surface area contributed by atoms with Gasteiger partial charge in [-0.3, -0.25) is 9.59 Å². The van der Waals surface area contributed by atoms with Crippen molar-refractivity contribution in [1.29, 1.82) is 0 Å². The van der Waals surface area contributed by atoms with Crippen LogP contribution < -0.4 is 10.6 Å². The Morgan fingerprint density at radius 2 is 1.44 bits per heavy atom. The number of anilines is 1. The number of carboxylic acid groups (broad SMARTS) is 1. The molecule has 0 aliphatic rings. The fourth-order valence-electron chi connectivity index (χ4n) is 4.17. The topological polar surface area (TPSA) is 91.3 Å². The molecule has 1 heterocycles. The zero-order valence-electron chi connectivity index (χ0n) is 22.8. The Kier molecular flexibility index (Phi) is 8.82. The van der Waals surface area contributed by atoms with Crippen LogP contribution in [0.1, 0.15) is 65.8 Å². The van der Waals surface area contributed by atoms with E-state index >= 15 is 0 Å². The number of carbonyl (C=O) groups is 2. The number of halogens is 3. The van der Waals surface area contributed by atoms with E-state index in [0.717, 1.165) is 23.3 Å².